The summed E-state index contributed by atoms with van der Waals surface area (Å²) in [6, 6.07) is 42.0. The molecule has 8 aromatic rings. The van der Waals surface area contributed by atoms with Gasteiger partial charge in [0.05, 0.1) is 48.0 Å². The number of carbonyl (C=O) groups is 8. The van der Waals surface area contributed by atoms with E-state index in [0.717, 1.165) is 50.5 Å². The standard InChI is InChI=1S/C32H43FN2O4.2C14H7Cl2FO2.C14H9FO4.C9H19NO.C4H8O.CH3F.Cl2OS.Na.H/c1-29(2)16-23(17-30(3,4)34-29)38-27(36)21-11-9-20(10-12-21)22-13-14-25(26(33)15-22)28(37)39-24-18-31(5,6)35-32(7,8)19-24;2*15-13(18)9-3-1-8(2-4-9)10-5-6-11(14(16)19)12(17)7-10;15-12-7-10(5-6-11(12)14(18)19)8-1-3-9(4-2-8)13(16)17;1-8(2)5-7(11)6-9(3,4)10-8;1-2-4-5-3-1;1-2;1-4(2)3;;/h9-15,23-24,34-35H,16-19H2,1-8H3;2*1-7H;1-7H,(H,16,17)(H,18,19);7,10-11H,5-6H2,1-4H3;1-4H2;1H3;;;/q;;;;;;;;+1;-1/i;;;;;;1D;;;. The Bertz CT molecular complexity index is 4550. The summed E-state index contributed by atoms with van der Waals surface area (Å²) < 4.78 is 96.9. The van der Waals surface area contributed by atoms with Gasteiger partial charge in [-0.1, -0.05) is 72.8 Å². The Hall–Kier alpha value is -7.34. The predicted octanol–water partition coefficient (Wildman–Crippen LogP) is 18.6. The van der Waals surface area contributed by atoms with E-state index in [0.29, 0.717) is 68.5 Å². The fourth-order valence-corrected chi connectivity index (χ4v) is 15.0. The molecule has 4 saturated heterocycles. The van der Waals surface area contributed by atoms with Crippen molar-refractivity contribution in [1.82, 2.24) is 16.0 Å². The van der Waals surface area contributed by atoms with Crippen LogP contribution in [-0.2, 0) is 23.4 Å². The van der Waals surface area contributed by atoms with Gasteiger partial charge in [-0.15, -0.1) is 0 Å². The molecular weight excluding hydrogens is 1700 g/mol. The summed E-state index contributed by atoms with van der Waals surface area (Å²) in [6.45, 7) is 27.3. The first-order chi connectivity index (χ1) is 55.3. The SMILES string of the molecule is C1CCOC1.CC1(C)CC(O)CC(C)(C)N1.CC1(C)CC(OC(=O)c2ccc(-c3ccc(C(=O)OC4CC(C)(C)NC(C)(C)C4)c(F)c3)cc2)CC(C)(C)N1.O=C(Cl)c1ccc(-c2ccc(C(=O)Cl)c(F)c2)cc1.O=C(Cl)c1ccc(-c2ccc(C(=O)Cl)c(F)c2)cc1.O=C(O)c1ccc(-c2ccc(C(=O)O)c(F)c2)cc1.O=S(Cl)Cl.[2H]CF.[H-].[Na+]. The third-order valence-electron chi connectivity index (χ3n) is 18.4. The average molecular weight is 1800 g/mol. The molecule has 0 saturated carbocycles. The molecule has 0 aromatic heterocycles. The molecule has 0 aliphatic carbocycles. The van der Waals surface area contributed by atoms with Crippen LogP contribution in [-0.4, -0.2) is 136 Å². The number of hydrogen-bond acceptors (Lipinski definition) is 16. The minimum absolute atomic E-state index is 0. The van der Waals surface area contributed by atoms with Gasteiger partial charge < -0.3 is 46.9 Å². The number of ether oxygens (including phenoxy) is 3. The number of hydrogen-bond donors (Lipinski definition) is 6. The number of aliphatic hydroxyl groups excluding tert-OH is 1. The Morgan fingerprint density at radius 1 is 0.403 bits per heavy atom. The van der Waals surface area contributed by atoms with Gasteiger partial charge in [-0.05, 0) is 297 Å². The molecule has 4 heterocycles. The van der Waals surface area contributed by atoms with E-state index < -0.39 is 84.1 Å². The largest absolute Gasteiger partial charge is 1.00 e. The molecule has 0 bridgehead atoms. The van der Waals surface area contributed by atoms with E-state index in [4.69, 9.17) is 76.4 Å². The number of benzene rings is 8. The molecule has 4 fully saturated rings. The van der Waals surface area contributed by atoms with E-state index in [2.05, 4.69) is 120 Å². The van der Waals surface area contributed by atoms with Crippen molar-refractivity contribution in [3.05, 3.63) is 238 Å². The number of aliphatic hydroxyl groups is 1. The quantitative estimate of drug-likeness (QED) is 0.0255. The summed E-state index contributed by atoms with van der Waals surface area (Å²) in [5.74, 6) is -6.22. The van der Waals surface area contributed by atoms with Crippen LogP contribution >= 0.6 is 67.8 Å². The Morgan fingerprint density at radius 2 is 0.647 bits per heavy atom. The minimum Gasteiger partial charge on any atom is -1.00 e. The Labute approximate surface area is 746 Å². The fourth-order valence-electron chi connectivity index (χ4n) is 14.5. The van der Waals surface area contributed by atoms with E-state index in [1.54, 1.807) is 103 Å². The first-order valence-electron chi connectivity index (χ1n) is 37.6. The van der Waals surface area contributed by atoms with Crippen molar-refractivity contribution < 1.29 is 126 Å². The van der Waals surface area contributed by atoms with Crippen LogP contribution in [0.1, 0.15) is 220 Å². The second-order valence-electron chi connectivity index (χ2n) is 31.9. The molecule has 18 nitrogen and oxygen atoms in total. The molecule has 12 rings (SSSR count). The molecule has 6 N–H and O–H groups in total. The van der Waals surface area contributed by atoms with Gasteiger partial charge in [0.25, 0.3) is 21.0 Å². The average Bonchev–Trinajstić information content (AvgIpc) is 1.06. The number of carboxylic acids is 2. The number of piperidine rings is 3. The molecule has 119 heavy (non-hydrogen) atoms. The van der Waals surface area contributed by atoms with E-state index in [-0.39, 0.29) is 111 Å². The van der Waals surface area contributed by atoms with Crippen molar-refractivity contribution in [2.45, 2.75) is 186 Å². The molecular formula is C88H97Cl6F5N3NaO15S. The van der Waals surface area contributed by atoms with Crippen molar-refractivity contribution in [2.75, 3.05) is 20.4 Å². The first kappa shape index (κ1) is 102. The predicted molar refractivity (Wildman–Crippen MR) is 456 cm³/mol. The van der Waals surface area contributed by atoms with Gasteiger partial charge in [-0.3, -0.25) is 23.6 Å². The molecule has 4 aliphatic heterocycles. The van der Waals surface area contributed by atoms with Crippen LogP contribution in [0.4, 0.5) is 22.0 Å². The maximum Gasteiger partial charge on any atom is 1.00 e. The van der Waals surface area contributed by atoms with E-state index in [9.17, 15) is 61.0 Å². The normalized spacial score (nSPS) is 16.4. The smallest absolute Gasteiger partial charge is 1.00 e. The monoisotopic (exact) mass is 1800 g/mol. The second kappa shape index (κ2) is 46.8. The Balaban J connectivity index is 0.000000395. The van der Waals surface area contributed by atoms with Gasteiger partial charge in [-0.25, -0.2) is 40.9 Å². The van der Waals surface area contributed by atoms with Crippen molar-refractivity contribution in [3.63, 3.8) is 0 Å². The van der Waals surface area contributed by atoms with Crippen LogP contribution < -0.4 is 45.5 Å². The number of rotatable bonds is 14. The van der Waals surface area contributed by atoms with E-state index >= 15 is 4.39 Å². The summed E-state index contributed by atoms with van der Waals surface area (Å²) in [5.41, 5.74) is 5.02. The Morgan fingerprint density at radius 3 is 0.882 bits per heavy atom. The molecule has 0 unspecified atom stereocenters. The van der Waals surface area contributed by atoms with Crippen LogP contribution in [0, 0.1) is 23.3 Å². The molecule has 0 atom stereocenters. The van der Waals surface area contributed by atoms with Crippen LogP contribution in [0.15, 0.2) is 170 Å². The number of nitrogens with one attached hydrogen (secondary N) is 3. The first-order valence-corrected chi connectivity index (χ1v) is 41.2. The van der Waals surface area contributed by atoms with Crippen LogP contribution in [0.25, 0.3) is 44.5 Å². The number of aromatic carboxylic acids is 2. The maximum absolute atomic E-state index is 15.0. The molecule has 31 heteroatoms. The van der Waals surface area contributed by atoms with Gasteiger partial charge in [0, 0.05) is 105 Å². The Kier molecular flexibility index (Phi) is 40.2. The van der Waals surface area contributed by atoms with E-state index in [1.165, 1.54) is 73.5 Å². The van der Waals surface area contributed by atoms with Gasteiger partial charge in [0.1, 0.15) is 35.5 Å². The summed E-state index contributed by atoms with van der Waals surface area (Å²) >= 11 is 21.1. The van der Waals surface area contributed by atoms with Gasteiger partial charge in [0.2, 0.25) is 9.23 Å². The zero-order valence-corrected chi connectivity index (χ0v) is 75.3. The molecule has 8 aromatic carbocycles. The number of carboxylic acid groups (broad SMARTS) is 2. The van der Waals surface area contributed by atoms with E-state index in [1.807, 2.05) is 0 Å². The summed E-state index contributed by atoms with van der Waals surface area (Å²) in [6.07, 6.45) is 6.45. The second-order valence-corrected chi connectivity index (χ2v) is 35.8. The molecule has 0 spiro atoms. The molecule has 4 aliphatic rings. The topological polar surface area (TPSA) is 278 Å². The molecule has 638 valence electrons. The molecule has 0 radical (unpaired) electrons. The zero-order chi connectivity index (χ0) is 89.3. The van der Waals surface area contributed by atoms with Gasteiger partial charge in [0.15, 0.2) is 0 Å². The van der Waals surface area contributed by atoms with Crippen LogP contribution in [0.2, 0.25) is 0 Å². The van der Waals surface area contributed by atoms with Crippen LogP contribution in [0.3, 0.4) is 0 Å². The number of carbonyl (C=O) groups excluding carboxylic acids is 6. The number of halogens is 11. The summed E-state index contributed by atoms with van der Waals surface area (Å²) in [7, 11) is 6.36. The third-order valence-corrected chi connectivity index (χ3v) is 19.3. The van der Waals surface area contributed by atoms with Crippen molar-refractivity contribution in [3.8, 4) is 44.5 Å². The van der Waals surface area contributed by atoms with Crippen molar-refractivity contribution >= 4 is 122 Å². The zero-order valence-electron chi connectivity index (χ0n) is 70.0. The molecule has 0 amide bonds. The van der Waals surface area contributed by atoms with Crippen LogP contribution in [0.5, 0.6) is 0 Å². The minimum atomic E-state index is -1.67. The third kappa shape index (κ3) is 34.8. The van der Waals surface area contributed by atoms with Gasteiger partial charge >= 0.3 is 53.4 Å². The van der Waals surface area contributed by atoms with Crippen molar-refractivity contribution in [2.24, 2.45) is 0 Å². The van der Waals surface area contributed by atoms with Crippen molar-refractivity contribution in [1.29, 1.82) is 0 Å². The summed E-state index contributed by atoms with van der Waals surface area (Å²) in [5, 5.41) is 34.9. The maximum atomic E-state index is 15.0. The fraction of sp³-hybridized carbons (Fsp3) is 0.364. The number of esters is 2. The summed E-state index contributed by atoms with van der Waals surface area (Å²) in [4.78, 5) is 90.7. The number of alkyl halides is 1. The van der Waals surface area contributed by atoms with Gasteiger partial charge in [-0.2, -0.15) is 0 Å².